The summed E-state index contributed by atoms with van der Waals surface area (Å²) in [6.45, 7) is 1.45. The van der Waals surface area contributed by atoms with Gasteiger partial charge in [-0.3, -0.25) is 4.79 Å². The van der Waals surface area contributed by atoms with E-state index in [1.807, 2.05) is 0 Å². The van der Waals surface area contributed by atoms with E-state index in [-0.39, 0.29) is 4.90 Å². The van der Waals surface area contributed by atoms with E-state index in [0.29, 0.717) is 10.2 Å². The van der Waals surface area contributed by atoms with Gasteiger partial charge in [0.05, 0.1) is 10.9 Å². The summed E-state index contributed by atoms with van der Waals surface area (Å²) in [5.41, 5.74) is 0. The summed E-state index contributed by atoms with van der Waals surface area (Å²) in [6.07, 6.45) is 1.54. The quantitative estimate of drug-likeness (QED) is 0.868. The van der Waals surface area contributed by atoms with Gasteiger partial charge < -0.3 is 5.32 Å². The third-order valence-electron chi connectivity index (χ3n) is 2.49. The number of rotatable bonds is 5. The number of hydrogen-bond donors (Lipinski definition) is 2. The minimum atomic E-state index is -3.82. The van der Waals surface area contributed by atoms with Crippen LogP contribution >= 0.6 is 22.9 Å². The lowest BCUT2D eigenvalue weighted by atomic mass is 10.3. The van der Waals surface area contributed by atoms with Crippen molar-refractivity contribution in [1.29, 1.82) is 0 Å². The summed E-state index contributed by atoms with van der Waals surface area (Å²) in [6, 6.07) is 4.86. The lowest BCUT2D eigenvalue weighted by molar-refractivity contribution is -0.117. The Bertz CT molecular complexity index is 732. The Labute approximate surface area is 131 Å². The molecule has 0 saturated carbocycles. The van der Waals surface area contributed by atoms with E-state index in [4.69, 9.17) is 11.6 Å². The van der Waals surface area contributed by atoms with Gasteiger partial charge in [0, 0.05) is 16.6 Å². The molecule has 6 nitrogen and oxygen atoms in total. The van der Waals surface area contributed by atoms with Crippen LogP contribution in [0.4, 0.5) is 5.13 Å². The highest BCUT2D eigenvalue weighted by atomic mass is 35.5. The molecule has 0 aliphatic rings. The second-order valence-corrected chi connectivity index (χ2v) is 7.17. The number of benzene rings is 1. The summed E-state index contributed by atoms with van der Waals surface area (Å²) in [5.74, 6) is -0.490. The highest BCUT2D eigenvalue weighted by Crippen LogP contribution is 2.16. The molecule has 9 heteroatoms. The molecule has 112 valence electrons. The summed E-state index contributed by atoms with van der Waals surface area (Å²) < 4.78 is 26.6. The number of amides is 1. The Hall–Kier alpha value is -1.48. The standard InChI is InChI=1S/C12H12ClN3O3S2/c1-8(11(17)15-12-14-5-6-20-12)16-21(18,19)10-4-2-3-9(13)7-10/h2-8,16H,1H3,(H,14,15,17)/t8-/m1/s1. The molecule has 1 amide bonds. The number of sulfonamides is 1. The van der Waals surface area contributed by atoms with Gasteiger partial charge >= 0.3 is 0 Å². The number of anilines is 1. The second-order valence-electron chi connectivity index (χ2n) is 4.13. The van der Waals surface area contributed by atoms with Crippen LogP contribution < -0.4 is 10.0 Å². The van der Waals surface area contributed by atoms with Crippen molar-refractivity contribution < 1.29 is 13.2 Å². The van der Waals surface area contributed by atoms with Gasteiger partial charge in [-0.2, -0.15) is 4.72 Å². The molecular weight excluding hydrogens is 334 g/mol. The lowest BCUT2D eigenvalue weighted by Gasteiger charge is -2.13. The Balaban J connectivity index is 2.07. The molecule has 1 aromatic carbocycles. The first kappa shape index (κ1) is 15.9. The molecule has 21 heavy (non-hydrogen) atoms. The fourth-order valence-electron chi connectivity index (χ4n) is 1.49. The van der Waals surface area contributed by atoms with Crippen molar-refractivity contribution in [3.8, 4) is 0 Å². The molecule has 0 spiro atoms. The Morgan fingerprint density at radius 1 is 1.43 bits per heavy atom. The predicted octanol–water partition coefficient (Wildman–Crippen LogP) is 2.10. The maximum Gasteiger partial charge on any atom is 0.244 e. The highest BCUT2D eigenvalue weighted by Gasteiger charge is 2.22. The summed E-state index contributed by atoms with van der Waals surface area (Å²) >= 11 is 7.01. The maximum atomic E-state index is 12.1. The molecule has 0 aliphatic carbocycles. The number of carbonyl (C=O) groups excluding carboxylic acids is 1. The number of hydrogen-bond acceptors (Lipinski definition) is 5. The highest BCUT2D eigenvalue weighted by molar-refractivity contribution is 7.89. The summed E-state index contributed by atoms with van der Waals surface area (Å²) in [5, 5.41) is 4.94. The van der Waals surface area contributed by atoms with E-state index >= 15 is 0 Å². The van der Waals surface area contributed by atoms with Gasteiger partial charge in [0.2, 0.25) is 15.9 Å². The fraction of sp³-hybridized carbons (Fsp3) is 0.167. The topological polar surface area (TPSA) is 88.2 Å². The van der Waals surface area contributed by atoms with Crippen molar-refractivity contribution in [2.24, 2.45) is 0 Å². The zero-order valence-electron chi connectivity index (χ0n) is 10.9. The van der Waals surface area contributed by atoms with Crippen LogP contribution in [0.5, 0.6) is 0 Å². The zero-order chi connectivity index (χ0) is 15.5. The smallest absolute Gasteiger partial charge is 0.244 e. The average Bonchev–Trinajstić information content (AvgIpc) is 2.91. The van der Waals surface area contributed by atoms with Crippen LogP contribution in [0.15, 0.2) is 40.7 Å². The van der Waals surface area contributed by atoms with Crippen molar-refractivity contribution in [2.75, 3.05) is 5.32 Å². The van der Waals surface area contributed by atoms with Gasteiger partial charge in [-0.15, -0.1) is 11.3 Å². The maximum absolute atomic E-state index is 12.1. The Morgan fingerprint density at radius 2 is 2.19 bits per heavy atom. The second kappa shape index (κ2) is 6.52. The molecule has 0 fully saturated rings. The third-order valence-corrected chi connectivity index (χ3v) is 4.96. The molecule has 2 N–H and O–H groups in total. The summed E-state index contributed by atoms with van der Waals surface area (Å²) in [7, 11) is -3.82. The van der Waals surface area contributed by atoms with E-state index in [0.717, 1.165) is 0 Å². The largest absolute Gasteiger partial charge is 0.301 e. The minimum absolute atomic E-state index is 0.00361. The molecule has 1 aromatic heterocycles. The SMILES string of the molecule is C[C@@H](NS(=O)(=O)c1cccc(Cl)c1)C(=O)Nc1nccs1. The van der Waals surface area contributed by atoms with Crippen molar-refractivity contribution in [1.82, 2.24) is 9.71 Å². The van der Waals surface area contributed by atoms with Crippen molar-refractivity contribution in [2.45, 2.75) is 17.9 Å². The molecule has 2 rings (SSSR count). The van der Waals surface area contributed by atoms with Crippen LogP contribution in [-0.4, -0.2) is 25.4 Å². The van der Waals surface area contributed by atoms with E-state index < -0.39 is 22.0 Å². The van der Waals surface area contributed by atoms with Crippen LogP contribution in [0, 0.1) is 0 Å². The summed E-state index contributed by atoms with van der Waals surface area (Å²) in [4.78, 5) is 15.8. The molecule has 0 saturated heterocycles. The van der Waals surface area contributed by atoms with E-state index in [1.165, 1.54) is 36.5 Å². The number of nitrogens with zero attached hydrogens (tertiary/aromatic N) is 1. The minimum Gasteiger partial charge on any atom is -0.301 e. The lowest BCUT2D eigenvalue weighted by Crippen LogP contribution is -2.41. The molecule has 1 heterocycles. The van der Waals surface area contributed by atoms with Gasteiger partial charge in [-0.1, -0.05) is 17.7 Å². The van der Waals surface area contributed by atoms with Gasteiger partial charge in [0.1, 0.15) is 0 Å². The zero-order valence-corrected chi connectivity index (χ0v) is 13.3. The van der Waals surface area contributed by atoms with Crippen LogP contribution in [-0.2, 0) is 14.8 Å². The van der Waals surface area contributed by atoms with E-state index in [9.17, 15) is 13.2 Å². The van der Waals surface area contributed by atoms with Crippen LogP contribution in [0.2, 0.25) is 5.02 Å². The number of carbonyl (C=O) groups is 1. The molecule has 0 radical (unpaired) electrons. The van der Waals surface area contributed by atoms with Crippen LogP contribution in [0.25, 0.3) is 0 Å². The molecule has 0 aliphatic heterocycles. The van der Waals surface area contributed by atoms with Gasteiger partial charge in [0.25, 0.3) is 0 Å². The van der Waals surface area contributed by atoms with E-state index in [1.54, 1.807) is 17.6 Å². The van der Waals surface area contributed by atoms with Gasteiger partial charge in [-0.05, 0) is 25.1 Å². The van der Waals surface area contributed by atoms with Crippen molar-refractivity contribution in [3.05, 3.63) is 40.9 Å². The first-order valence-electron chi connectivity index (χ1n) is 5.87. The Kier molecular flexibility index (Phi) is 4.94. The van der Waals surface area contributed by atoms with Gasteiger partial charge in [0.15, 0.2) is 5.13 Å². The molecule has 2 aromatic rings. The Morgan fingerprint density at radius 3 is 2.81 bits per heavy atom. The molecule has 0 bridgehead atoms. The number of nitrogens with one attached hydrogen (secondary N) is 2. The number of halogens is 1. The number of thiazole rings is 1. The van der Waals surface area contributed by atoms with Crippen LogP contribution in [0.3, 0.4) is 0 Å². The molecule has 0 unspecified atom stereocenters. The predicted molar refractivity (Wildman–Crippen MR) is 82.0 cm³/mol. The number of aromatic nitrogens is 1. The first-order valence-corrected chi connectivity index (χ1v) is 8.61. The molecular formula is C12H12ClN3O3S2. The van der Waals surface area contributed by atoms with Crippen LogP contribution in [0.1, 0.15) is 6.92 Å². The fourth-order valence-corrected chi connectivity index (χ4v) is 3.52. The van der Waals surface area contributed by atoms with Gasteiger partial charge in [-0.25, -0.2) is 13.4 Å². The third kappa shape index (κ3) is 4.24. The monoisotopic (exact) mass is 345 g/mol. The van der Waals surface area contributed by atoms with E-state index in [2.05, 4.69) is 15.0 Å². The normalized spacial score (nSPS) is 12.9. The average molecular weight is 346 g/mol. The van der Waals surface area contributed by atoms with Crippen molar-refractivity contribution in [3.63, 3.8) is 0 Å². The van der Waals surface area contributed by atoms with Crippen molar-refractivity contribution >= 4 is 44.0 Å². The molecule has 1 atom stereocenters. The first-order chi connectivity index (χ1) is 9.88.